The minimum absolute atomic E-state index is 0.0388. The van der Waals surface area contributed by atoms with Gasteiger partial charge in [-0.15, -0.1) is 0 Å². The van der Waals surface area contributed by atoms with E-state index in [-0.39, 0.29) is 23.7 Å². The fourth-order valence-electron chi connectivity index (χ4n) is 4.01. The molecule has 0 bridgehead atoms. The van der Waals surface area contributed by atoms with Crippen molar-refractivity contribution in [3.05, 3.63) is 71.2 Å². The Morgan fingerprint density at radius 3 is 2.38 bits per heavy atom. The first-order valence-corrected chi connectivity index (χ1v) is 12.6. The lowest BCUT2D eigenvalue weighted by Gasteiger charge is -2.36. The molecule has 1 saturated heterocycles. The summed E-state index contributed by atoms with van der Waals surface area (Å²) in [5.41, 5.74) is 3.80. The second-order valence-electron chi connectivity index (χ2n) is 8.27. The van der Waals surface area contributed by atoms with Crippen molar-refractivity contribution in [3.8, 4) is 0 Å². The van der Waals surface area contributed by atoms with Gasteiger partial charge in [0.05, 0.1) is 5.56 Å². The van der Waals surface area contributed by atoms with Crippen LogP contribution in [0.2, 0.25) is 0 Å². The van der Waals surface area contributed by atoms with E-state index in [0.29, 0.717) is 25.3 Å². The van der Waals surface area contributed by atoms with E-state index in [2.05, 4.69) is 35.2 Å². The molecule has 34 heavy (non-hydrogen) atoms. The average molecular weight is 486 g/mol. The standard InChI is InChI=1S/C24H28FN5O3S/c1-4-29-16-21(23(31)26-20-10-8-19(25)9-11-20)24(27-29)34(32,33)30-14-12-28(13-15-30)22-7-5-6-17(2)18(22)3/h5-11,16H,4,12-15H2,1-3H3,(H,26,31). The molecule has 0 spiro atoms. The van der Waals surface area contributed by atoms with Crippen molar-refractivity contribution in [2.45, 2.75) is 32.3 Å². The number of hydrogen-bond acceptors (Lipinski definition) is 5. The molecule has 2 heterocycles. The topological polar surface area (TPSA) is 87.5 Å². The number of rotatable bonds is 6. The predicted octanol–water partition coefficient (Wildman–Crippen LogP) is 3.42. The lowest BCUT2D eigenvalue weighted by molar-refractivity contribution is 0.102. The highest BCUT2D eigenvalue weighted by atomic mass is 32.2. The third-order valence-corrected chi connectivity index (χ3v) is 7.97. The Kier molecular flexibility index (Phi) is 6.72. The van der Waals surface area contributed by atoms with Crippen molar-refractivity contribution in [1.82, 2.24) is 14.1 Å². The van der Waals surface area contributed by atoms with Crippen molar-refractivity contribution < 1.29 is 17.6 Å². The Morgan fingerprint density at radius 1 is 1.06 bits per heavy atom. The molecular formula is C24H28FN5O3S. The first kappa shape index (κ1) is 23.9. The van der Waals surface area contributed by atoms with Crippen LogP contribution < -0.4 is 10.2 Å². The number of aromatic nitrogens is 2. The highest BCUT2D eigenvalue weighted by Crippen LogP contribution is 2.26. The van der Waals surface area contributed by atoms with Crippen molar-refractivity contribution >= 4 is 27.3 Å². The third-order valence-electron chi connectivity index (χ3n) is 6.14. The zero-order valence-corrected chi connectivity index (χ0v) is 20.3. The Balaban J connectivity index is 1.55. The fourth-order valence-corrected chi connectivity index (χ4v) is 5.53. The summed E-state index contributed by atoms with van der Waals surface area (Å²) in [5, 5.41) is 6.57. The van der Waals surface area contributed by atoms with Crippen molar-refractivity contribution in [3.63, 3.8) is 0 Å². The molecule has 0 saturated carbocycles. The highest BCUT2D eigenvalue weighted by Gasteiger charge is 2.35. The minimum Gasteiger partial charge on any atom is -0.369 e. The van der Waals surface area contributed by atoms with E-state index in [9.17, 15) is 17.6 Å². The molecule has 1 aromatic heterocycles. The summed E-state index contributed by atoms with van der Waals surface area (Å²) in [6, 6.07) is 11.4. The third kappa shape index (κ3) is 4.69. The van der Waals surface area contributed by atoms with Gasteiger partial charge in [0.2, 0.25) is 5.03 Å². The predicted molar refractivity (Wildman–Crippen MR) is 129 cm³/mol. The molecule has 0 unspecified atom stereocenters. The fraction of sp³-hybridized carbons (Fsp3) is 0.333. The van der Waals surface area contributed by atoms with Crippen LogP contribution in [-0.2, 0) is 16.6 Å². The van der Waals surface area contributed by atoms with E-state index in [0.717, 1.165) is 5.69 Å². The van der Waals surface area contributed by atoms with E-state index >= 15 is 0 Å². The van der Waals surface area contributed by atoms with Gasteiger partial charge in [-0.3, -0.25) is 9.48 Å². The number of carbonyl (C=O) groups excluding carboxylic acids is 1. The van der Waals surface area contributed by atoms with Crippen LogP contribution in [0.3, 0.4) is 0 Å². The largest absolute Gasteiger partial charge is 0.369 e. The number of carbonyl (C=O) groups is 1. The molecular weight excluding hydrogens is 457 g/mol. The average Bonchev–Trinajstić information content (AvgIpc) is 3.28. The molecule has 1 aliphatic rings. The maximum absolute atomic E-state index is 13.5. The van der Waals surface area contributed by atoms with Gasteiger partial charge in [-0.1, -0.05) is 12.1 Å². The van der Waals surface area contributed by atoms with E-state index in [4.69, 9.17) is 0 Å². The van der Waals surface area contributed by atoms with Gasteiger partial charge >= 0.3 is 0 Å². The van der Waals surface area contributed by atoms with Crippen LogP contribution in [0, 0.1) is 19.7 Å². The van der Waals surface area contributed by atoms with Gasteiger partial charge in [0.15, 0.2) is 0 Å². The molecule has 4 rings (SSSR count). The monoisotopic (exact) mass is 485 g/mol. The maximum Gasteiger partial charge on any atom is 0.263 e. The van der Waals surface area contributed by atoms with E-state index in [1.807, 2.05) is 19.1 Å². The number of nitrogens with zero attached hydrogens (tertiary/aromatic N) is 4. The first-order valence-electron chi connectivity index (χ1n) is 11.2. The van der Waals surface area contributed by atoms with Gasteiger partial charge in [0, 0.05) is 50.3 Å². The van der Waals surface area contributed by atoms with Gasteiger partial charge in [-0.05, 0) is 62.2 Å². The number of halogens is 1. The van der Waals surface area contributed by atoms with Crippen LogP contribution in [0.25, 0.3) is 0 Å². The van der Waals surface area contributed by atoms with Crippen molar-refractivity contribution in [2.24, 2.45) is 0 Å². The lowest BCUT2D eigenvalue weighted by atomic mass is 10.1. The van der Waals surface area contributed by atoms with Crippen LogP contribution in [0.15, 0.2) is 53.7 Å². The molecule has 10 heteroatoms. The molecule has 0 aliphatic carbocycles. The zero-order chi connectivity index (χ0) is 24.5. The molecule has 2 aromatic carbocycles. The molecule has 0 atom stereocenters. The summed E-state index contributed by atoms with van der Waals surface area (Å²) in [7, 11) is -4.00. The molecule has 1 amide bonds. The van der Waals surface area contributed by atoms with Gasteiger partial charge in [-0.2, -0.15) is 9.40 Å². The Hall–Kier alpha value is -3.24. The number of piperazine rings is 1. The maximum atomic E-state index is 13.5. The molecule has 180 valence electrons. The SMILES string of the molecule is CCn1cc(C(=O)Nc2ccc(F)cc2)c(S(=O)(=O)N2CCN(c3cccc(C)c3C)CC2)n1. The summed E-state index contributed by atoms with van der Waals surface area (Å²) < 4.78 is 43.0. The second kappa shape index (κ2) is 9.55. The number of anilines is 2. The first-order chi connectivity index (χ1) is 16.2. The van der Waals surface area contributed by atoms with Crippen LogP contribution in [-0.4, -0.2) is 54.6 Å². The Labute approximate surface area is 199 Å². The normalized spacial score (nSPS) is 14.9. The number of amides is 1. The van der Waals surface area contributed by atoms with Crippen LogP contribution >= 0.6 is 0 Å². The van der Waals surface area contributed by atoms with Gasteiger partial charge < -0.3 is 10.2 Å². The number of sulfonamides is 1. The van der Waals surface area contributed by atoms with Crippen LogP contribution in [0.5, 0.6) is 0 Å². The number of nitrogens with one attached hydrogen (secondary N) is 1. The minimum atomic E-state index is -4.00. The van der Waals surface area contributed by atoms with Gasteiger partial charge in [-0.25, -0.2) is 12.8 Å². The van der Waals surface area contributed by atoms with Crippen molar-refractivity contribution in [1.29, 1.82) is 0 Å². The number of benzene rings is 2. The molecule has 3 aromatic rings. The Morgan fingerprint density at radius 2 is 1.74 bits per heavy atom. The summed E-state index contributed by atoms with van der Waals surface area (Å²) >= 11 is 0. The molecule has 1 fully saturated rings. The van der Waals surface area contributed by atoms with Crippen LogP contribution in [0.1, 0.15) is 28.4 Å². The van der Waals surface area contributed by atoms with E-state index in [1.54, 1.807) is 0 Å². The van der Waals surface area contributed by atoms with Gasteiger partial charge in [0.25, 0.3) is 15.9 Å². The Bertz CT molecular complexity index is 1300. The highest BCUT2D eigenvalue weighted by molar-refractivity contribution is 7.89. The molecule has 1 aliphatic heterocycles. The molecule has 0 radical (unpaired) electrons. The van der Waals surface area contributed by atoms with Gasteiger partial charge in [0.1, 0.15) is 5.82 Å². The zero-order valence-electron chi connectivity index (χ0n) is 19.5. The van der Waals surface area contributed by atoms with Crippen molar-refractivity contribution in [2.75, 3.05) is 36.4 Å². The quantitative estimate of drug-likeness (QED) is 0.578. The van der Waals surface area contributed by atoms with Crippen LogP contribution in [0.4, 0.5) is 15.8 Å². The summed E-state index contributed by atoms with van der Waals surface area (Å²) in [6.07, 6.45) is 1.43. The molecule has 8 nitrogen and oxygen atoms in total. The summed E-state index contributed by atoms with van der Waals surface area (Å²) in [6.45, 7) is 7.99. The second-order valence-corrected chi connectivity index (χ2v) is 10.1. The summed E-state index contributed by atoms with van der Waals surface area (Å²) in [5.74, 6) is -1.04. The molecule has 1 N–H and O–H groups in total. The number of aryl methyl sites for hydroxylation is 2. The summed E-state index contributed by atoms with van der Waals surface area (Å²) in [4.78, 5) is 15.1. The van der Waals surface area contributed by atoms with E-state index in [1.165, 1.54) is 50.6 Å². The lowest BCUT2D eigenvalue weighted by Crippen LogP contribution is -2.49. The smallest absolute Gasteiger partial charge is 0.263 e. The number of hydrogen-bond donors (Lipinski definition) is 1. The van der Waals surface area contributed by atoms with E-state index < -0.39 is 21.7 Å².